The molecule has 1 saturated carbocycles. The van der Waals surface area contributed by atoms with Gasteiger partial charge in [-0.1, -0.05) is 25.5 Å². The smallest absolute Gasteiger partial charge is 0.310 e. The zero-order valence-corrected chi connectivity index (χ0v) is 12.7. The highest BCUT2D eigenvalue weighted by atomic mass is 32.2. The van der Waals surface area contributed by atoms with Crippen LogP contribution >= 0.6 is 0 Å². The van der Waals surface area contributed by atoms with Gasteiger partial charge in [0.1, 0.15) is 0 Å². The minimum atomic E-state index is -3.48. The van der Waals surface area contributed by atoms with E-state index in [2.05, 4.69) is 6.58 Å². The Labute approximate surface area is 115 Å². The maximum Gasteiger partial charge on any atom is 0.310 e. The van der Waals surface area contributed by atoms with Crippen molar-refractivity contribution in [2.45, 2.75) is 38.4 Å². The second-order valence-corrected chi connectivity index (χ2v) is 7.18. The van der Waals surface area contributed by atoms with Crippen LogP contribution in [0.4, 0.5) is 0 Å². The zero-order chi connectivity index (χ0) is 14.6. The fraction of sp³-hybridized carbons (Fsp3) is 0.769. The van der Waals surface area contributed by atoms with Gasteiger partial charge in [0.25, 0.3) is 0 Å². The third kappa shape index (κ3) is 3.57. The lowest BCUT2D eigenvalue weighted by Gasteiger charge is -2.26. The Bertz CT molecular complexity index is 444. The molecule has 1 aliphatic carbocycles. The van der Waals surface area contributed by atoms with Crippen molar-refractivity contribution >= 4 is 16.0 Å². The van der Waals surface area contributed by atoms with Gasteiger partial charge in [-0.2, -0.15) is 4.31 Å². The van der Waals surface area contributed by atoms with Gasteiger partial charge in [0.15, 0.2) is 0 Å². The van der Waals surface area contributed by atoms with Gasteiger partial charge < -0.3 is 4.74 Å². The molecule has 0 spiro atoms. The average Bonchev–Trinajstić information content (AvgIpc) is 2.84. The van der Waals surface area contributed by atoms with Gasteiger partial charge in [-0.3, -0.25) is 4.79 Å². The number of carbonyl (C=O) groups is 1. The molecule has 0 aromatic rings. The maximum absolute atomic E-state index is 12.6. The van der Waals surface area contributed by atoms with E-state index in [0.717, 1.165) is 12.0 Å². The van der Waals surface area contributed by atoms with Crippen LogP contribution in [-0.2, 0) is 19.6 Å². The van der Waals surface area contributed by atoms with Crippen LogP contribution in [0.15, 0.2) is 12.2 Å². The molecule has 1 fully saturated rings. The lowest BCUT2D eigenvalue weighted by atomic mass is 10.1. The minimum absolute atomic E-state index is 0.309. The normalized spacial score (nSPS) is 23.6. The predicted octanol–water partition coefficient (Wildman–Crippen LogP) is 1.56. The number of methoxy groups -OCH3 is 1. The van der Waals surface area contributed by atoms with E-state index in [9.17, 15) is 13.2 Å². The molecule has 0 aromatic heterocycles. The zero-order valence-electron chi connectivity index (χ0n) is 11.9. The molecule has 19 heavy (non-hydrogen) atoms. The summed E-state index contributed by atoms with van der Waals surface area (Å²) in [4.78, 5) is 11.7. The maximum atomic E-state index is 12.6. The highest BCUT2D eigenvalue weighted by Gasteiger charge is 2.44. The predicted molar refractivity (Wildman–Crippen MR) is 74.1 cm³/mol. The number of nitrogens with zero attached hydrogens (tertiary/aromatic N) is 1. The van der Waals surface area contributed by atoms with Crippen molar-refractivity contribution in [3.8, 4) is 0 Å². The number of sulfonamides is 1. The summed E-state index contributed by atoms with van der Waals surface area (Å²) in [6.45, 7) is 8.04. The van der Waals surface area contributed by atoms with Crippen molar-refractivity contribution in [3.05, 3.63) is 12.2 Å². The minimum Gasteiger partial charge on any atom is -0.469 e. The lowest BCUT2D eigenvalue weighted by Crippen LogP contribution is -2.43. The van der Waals surface area contributed by atoms with Gasteiger partial charge >= 0.3 is 5.97 Å². The fourth-order valence-electron chi connectivity index (χ4n) is 2.58. The Morgan fingerprint density at radius 3 is 2.53 bits per heavy atom. The topological polar surface area (TPSA) is 63.7 Å². The van der Waals surface area contributed by atoms with Gasteiger partial charge in [-0.15, -0.1) is 0 Å². The van der Waals surface area contributed by atoms with E-state index in [1.165, 1.54) is 11.4 Å². The van der Waals surface area contributed by atoms with Crippen molar-refractivity contribution in [3.63, 3.8) is 0 Å². The van der Waals surface area contributed by atoms with E-state index in [4.69, 9.17) is 4.74 Å². The van der Waals surface area contributed by atoms with E-state index in [1.807, 2.05) is 0 Å². The largest absolute Gasteiger partial charge is 0.469 e. The molecule has 0 aromatic carbocycles. The van der Waals surface area contributed by atoms with Crippen molar-refractivity contribution in [1.29, 1.82) is 0 Å². The van der Waals surface area contributed by atoms with Gasteiger partial charge in [0, 0.05) is 13.1 Å². The summed E-state index contributed by atoms with van der Waals surface area (Å²) < 4.78 is 31.3. The summed E-state index contributed by atoms with van der Waals surface area (Å²) in [6, 6.07) is 0. The van der Waals surface area contributed by atoms with E-state index < -0.39 is 27.2 Å². The van der Waals surface area contributed by atoms with E-state index in [-0.39, 0.29) is 0 Å². The summed E-state index contributed by atoms with van der Waals surface area (Å²) in [5, 5.41) is -0.653. The van der Waals surface area contributed by atoms with Gasteiger partial charge in [-0.05, 0) is 19.8 Å². The molecule has 0 N–H and O–H groups in total. The van der Waals surface area contributed by atoms with E-state index in [1.54, 1.807) is 13.8 Å². The van der Waals surface area contributed by atoms with Gasteiger partial charge in [0.05, 0.1) is 18.3 Å². The second-order valence-electron chi connectivity index (χ2n) is 5.03. The molecular weight excluding hydrogens is 266 g/mol. The van der Waals surface area contributed by atoms with E-state index in [0.29, 0.717) is 25.9 Å². The van der Waals surface area contributed by atoms with Crippen LogP contribution in [0.5, 0.6) is 0 Å². The van der Waals surface area contributed by atoms with Crippen LogP contribution in [0.25, 0.3) is 0 Å². The summed E-state index contributed by atoms with van der Waals surface area (Å²) >= 11 is 0. The molecule has 0 amide bonds. The number of ether oxygens (including phenoxy) is 1. The third-order valence-corrected chi connectivity index (χ3v) is 5.93. The number of likely N-dealkylation sites (N-methyl/N-ethyl adjacent to an activating group) is 1. The molecule has 0 bridgehead atoms. The van der Waals surface area contributed by atoms with Crippen molar-refractivity contribution < 1.29 is 17.9 Å². The van der Waals surface area contributed by atoms with Crippen molar-refractivity contribution in [2.24, 2.45) is 5.92 Å². The van der Waals surface area contributed by atoms with Crippen LogP contribution in [-0.4, -0.2) is 44.1 Å². The highest BCUT2D eigenvalue weighted by Crippen LogP contribution is 2.33. The molecular formula is C13H23NO4S. The lowest BCUT2D eigenvalue weighted by molar-refractivity contribution is -0.145. The standard InChI is InChI=1S/C13H23NO4S/c1-5-14(9-10(2)3)19(16,17)12-8-6-7-11(12)13(15)18-4/h11-12H,2,5-9H2,1,3-4H3. The summed E-state index contributed by atoms with van der Waals surface area (Å²) in [5.74, 6) is -0.952. The number of rotatable bonds is 6. The first-order valence-corrected chi connectivity index (χ1v) is 8.06. The number of hydrogen-bond acceptors (Lipinski definition) is 4. The van der Waals surface area contributed by atoms with Crippen LogP contribution in [0, 0.1) is 5.92 Å². The molecule has 0 saturated heterocycles. The van der Waals surface area contributed by atoms with Crippen LogP contribution < -0.4 is 0 Å². The Morgan fingerprint density at radius 2 is 2.05 bits per heavy atom. The Balaban J connectivity index is 2.97. The monoisotopic (exact) mass is 289 g/mol. The van der Waals surface area contributed by atoms with E-state index >= 15 is 0 Å². The molecule has 5 nitrogen and oxygen atoms in total. The summed E-state index contributed by atoms with van der Waals surface area (Å²) in [6.07, 6.45) is 1.85. The molecule has 1 rings (SSSR count). The van der Waals surface area contributed by atoms with Crippen molar-refractivity contribution in [2.75, 3.05) is 20.2 Å². The first-order valence-electron chi connectivity index (χ1n) is 6.55. The molecule has 2 atom stereocenters. The Morgan fingerprint density at radius 1 is 1.42 bits per heavy atom. The van der Waals surface area contributed by atoms with Crippen molar-refractivity contribution in [1.82, 2.24) is 4.31 Å². The first kappa shape index (κ1) is 16.2. The number of hydrogen-bond donors (Lipinski definition) is 0. The second kappa shape index (κ2) is 6.52. The average molecular weight is 289 g/mol. The summed E-state index contributed by atoms with van der Waals surface area (Å²) in [7, 11) is -2.18. The van der Waals surface area contributed by atoms with Gasteiger partial charge in [-0.25, -0.2) is 8.42 Å². The molecule has 6 heteroatoms. The summed E-state index contributed by atoms with van der Waals surface area (Å²) in [5.41, 5.74) is 0.790. The van der Waals surface area contributed by atoms with Crippen LogP contribution in [0.3, 0.4) is 0 Å². The Kier molecular flexibility index (Phi) is 5.55. The molecule has 1 aliphatic rings. The quantitative estimate of drug-likeness (QED) is 0.550. The molecule has 2 unspecified atom stereocenters. The SMILES string of the molecule is C=C(C)CN(CC)S(=O)(=O)C1CCCC1C(=O)OC. The number of carbonyl (C=O) groups excluding carboxylic acids is 1. The number of esters is 1. The third-order valence-electron chi connectivity index (χ3n) is 3.50. The fourth-order valence-corrected chi connectivity index (χ4v) is 4.85. The molecule has 0 heterocycles. The van der Waals surface area contributed by atoms with Gasteiger partial charge in [0.2, 0.25) is 10.0 Å². The van der Waals surface area contributed by atoms with Crippen LogP contribution in [0.2, 0.25) is 0 Å². The molecule has 110 valence electrons. The molecule has 0 aliphatic heterocycles. The highest BCUT2D eigenvalue weighted by molar-refractivity contribution is 7.89. The van der Waals surface area contributed by atoms with Crippen LogP contribution in [0.1, 0.15) is 33.1 Å². The first-order chi connectivity index (χ1) is 8.84. The Hall–Kier alpha value is -0.880. The molecule has 0 radical (unpaired) electrons.